The van der Waals surface area contributed by atoms with Crippen LogP contribution in [-0.2, 0) is 0 Å². The van der Waals surface area contributed by atoms with Gasteiger partial charge in [0.2, 0.25) is 5.88 Å². The van der Waals surface area contributed by atoms with Crippen molar-refractivity contribution in [3.8, 4) is 5.88 Å². The van der Waals surface area contributed by atoms with Crippen LogP contribution in [0, 0.1) is 5.92 Å². The maximum Gasteiger partial charge on any atom is 0.271 e. The Morgan fingerprint density at radius 3 is 2.72 bits per heavy atom. The van der Waals surface area contributed by atoms with Crippen molar-refractivity contribution in [2.45, 2.75) is 18.9 Å². The molecule has 1 aliphatic carbocycles. The molecule has 0 aliphatic heterocycles. The summed E-state index contributed by atoms with van der Waals surface area (Å²) in [5.74, 6) is 0.931. The quantitative estimate of drug-likeness (QED) is 0.781. The van der Waals surface area contributed by atoms with E-state index in [0.717, 1.165) is 19.4 Å². The molecule has 6 heteroatoms. The zero-order valence-corrected chi connectivity index (χ0v) is 10.6. The summed E-state index contributed by atoms with van der Waals surface area (Å²) in [6.45, 7) is 1.03. The van der Waals surface area contributed by atoms with E-state index in [1.807, 2.05) is 7.05 Å². The van der Waals surface area contributed by atoms with Gasteiger partial charge in [-0.1, -0.05) is 0 Å². The monoisotopic (exact) mass is 250 g/mol. The van der Waals surface area contributed by atoms with Crippen molar-refractivity contribution in [1.29, 1.82) is 0 Å². The molecule has 0 aromatic carbocycles. The number of carbonyl (C=O) groups excluding carboxylic acids is 1. The van der Waals surface area contributed by atoms with Gasteiger partial charge < -0.3 is 15.4 Å². The number of nitrogens with one attached hydrogen (secondary N) is 2. The number of hydrogen-bond donors (Lipinski definition) is 2. The smallest absolute Gasteiger partial charge is 0.271 e. The van der Waals surface area contributed by atoms with E-state index in [9.17, 15) is 4.79 Å². The number of amides is 1. The molecule has 1 aromatic rings. The van der Waals surface area contributed by atoms with Crippen molar-refractivity contribution in [2.75, 3.05) is 20.6 Å². The summed E-state index contributed by atoms with van der Waals surface area (Å²) in [6, 6.07) is 3.30. The Morgan fingerprint density at radius 2 is 2.17 bits per heavy atom. The van der Waals surface area contributed by atoms with Crippen molar-refractivity contribution in [1.82, 2.24) is 20.8 Å². The van der Waals surface area contributed by atoms with Gasteiger partial charge in [0, 0.05) is 13.1 Å². The van der Waals surface area contributed by atoms with Gasteiger partial charge in [-0.2, -0.15) is 0 Å². The normalized spacial score (nSPS) is 22.1. The van der Waals surface area contributed by atoms with E-state index in [-0.39, 0.29) is 12.0 Å². The summed E-state index contributed by atoms with van der Waals surface area (Å²) in [5, 5.41) is 13.4. The van der Waals surface area contributed by atoms with Crippen molar-refractivity contribution >= 4 is 5.91 Å². The van der Waals surface area contributed by atoms with E-state index in [1.54, 1.807) is 19.2 Å². The van der Waals surface area contributed by atoms with Crippen LogP contribution in [0.3, 0.4) is 0 Å². The first-order valence-corrected chi connectivity index (χ1v) is 6.10. The third-order valence-electron chi connectivity index (χ3n) is 3.07. The molecule has 0 atom stereocenters. The Bertz CT molecular complexity index is 401. The first-order chi connectivity index (χ1) is 8.72. The average Bonchev–Trinajstić information content (AvgIpc) is 2.36. The fourth-order valence-electron chi connectivity index (χ4n) is 2.03. The van der Waals surface area contributed by atoms with Gasteiger partial charge >= 0.3 is 0 Å². The number of nitrogens with zero attached hydrogens (tertiary/aromatic N) is 2. The van der Waals surface area contributed by atoms with Gasteiger partial charge in [-0.25, -0.2) is 0 Å². The molecule has 1 amide bonds. The summed E-state index contributed by atoms with van der Waals surface area (Å²) in [7, 11) is 3.52. The molecule has 0 unspecified atom stereocenters. The molecule has 2 rings (SSSR count). The molecule has 0 saturated heterocycles. The molecule has 1 heterocycles. The van der Waals surface area contributed by atoms with Crippen LogP contribution in [0.2, 0.25) is 0 Å². The molecule has 1 aromatic heterocycles. The van der Waals surface area contributed by atoms with Crippen LogP contribution < -0.4 is 15.4 Å². The summed E-state index contributed by atoms with van der Waals surface area (Å²) in [6.07, 6.45) is 2.31. The molecule has 98 valence electrons. The highest BCUT2D eigenvalue weighted by atomic mass is 16.5. The molecule has 1 aliphatic rings. The van der Waals surface area contributed by atoms with Crippen LogP contribution in [0.4, 0.5) is 0 Å². The van der Waals surface area contributed by atoms with Crippen molar-refractivity contribution < 1.29 is 9.53 Å². The van der Waals surface area contributed by atoms with E-state index < -0.39 is 0 Å². The van der Waals surface area contributed by atoms with Gasteiger partial charge in [-0.3, -0.25) is 4.79 Å². The number of hydrogen-bond acceptors (Lipinski definition) is 5. The maximum atomic E-state index is 11.3. The lowest BCUT2D eigenvalue weighted by Crippen LogP contribution is -2.38. The average molecular weight is 250 g/mol. The maximum absolute atomic E-state index is 11.3. The zero-order valence-electron chi connectivity index (χ0n) is 10.6. The predicted molar refractivity (Wildman–Crippen MR) is 66.5 cm³/mol. The molecular weight excluding hydrogens is 232 g/mol. The highest BCUT2D eigenvalue weighted by Crippen LogP contribution is 2.29. The van der Waals surface area contributed by atoms with E-state index in [2.05, 4.69) is 20.8 Å². The van der Waals surface area contributed by atoms with Gasteiger partial charge in [0.15, 0.2) is 5.69 Å². The lowest BCUT2D eigenvalue weighted by molar-refractivity contribution is 0.0607. The van der Waals surface area contributed by atoms with Gasteiger partial charge in [-0.15, -0.1) is 10.2 Å². The molecule has 18 heavy (non-hydrogen) atoms. The van der Waals surface area contributed by atoms with Crippen LogP contribution in [0.5, 0.6) is 5.88 Å². The van der Waals surface area contributed by atoms with E-state index in [0.29, 0.717) is 17.5 Å². The highest BCUT2D eigenvalue weighted by molar-refractivity contribution is 5.91. The molecule has 1 fully saturated rings. The van der Waals surface area contributed by atoms with Crippen LogP contribution >= 0.6 is 0 Å². The summed E-state index contributed by atoms with van der Waals surface area (Å²) >= 11 is 0. The number of rotatable bonds is 5. The van der Waals surface area contributed by atoms with Gasteiger partial charge in [0.1, 0.15) is 6.10 Å². The van der Waals surface area contributed by atoms with Gasteiger partial charge in [0.05, 0.1) is 0 Å². The Balaban J connectivity index is 1.83. The molecule has 1 saturated carbocycles. The van der Waals surface area contributed by atoms with Crippen LogP contribution in [0.15, 0.2) is 12.1 Å². The van der Waals surface area contributed by atoms with Gasteiger partial charge in [0.25, 0.3) is 5.91 Å². The second-order valence-electron chi connectivity index (χ2n) is 4.47. The second kappa shape index (κ2) is 5.77. The third-order valence-corrected chi connectivity index (χ3v) is 3.07. The minimum atomic E-state index is -0.244. The molecule has 6 nitrogen and oxygen atoms in total. The van der Waals surface area contributed by atoms with Crippen molar-refractivity contribution in [2.24, 2.45) is 5.92 Å². The van der Waals surface area contributed by atoms with Crippen LogP contribution in [0.1, 0.15) is 23.3 Å². The first kappa shape index (κ1) is 12.8. The topological polar surface area (TPSA) is 76.1 Å². The Hall–Kier alpha value is -1.69. The van der Waals surface area contributed by atoms with E-state index in [4.69, 9.17) is 4.74 Å². The fraction of sp³-hybridized carbons (Fsp3) is 0.583. The largest absolute Gasteiger partial charge is 0.473 e. The van der Waals surface area contributed by atoms with Crippen LogP contribution in [0.25, 0.3) is 0 Å². The fourth-order valence-corrected chi connectivity index (χ4v) is 2.03. The van der Waals surface area contributed by atoms with Crippen LogP contribution in [-0.4, -0.2) is 42.8 Å². The number of aromatic nitrogens is 2. The molecular formula is C12H18N4O2. The third kappa shape index (κ3) is 2.95. The second-order valence-corrected chi connectivity index (χ2v) is 4.47. The summed E-state index contributed by atoms with van der Waals surface area (Å²) < 4.78 is 5.66. The minimum absolute atomic E-state index is 0.225. The minimum Gasteiger partial charge on any atom is -0.473 e. The van der Waals surface area contributed by atoms with Gasteiger partial charge in [-0.05, 0) is 38.4 Å². The highest BCUT2D eigenvalue weighted by Gasteiger charge is 2.30. The summed E-state index contributed by atoms with van der Waals surface area (Å²) in [4.78, 5) is 11.3. The Morgan fingerprint density at radius 1 is 1.39 bits per heavy atom. The van der Waals surface area contributed by atoms with E-state index >= 15 is 0 Å². The van der Waals surface area contributed by atoms with Crippen molar-refractivity contribution in [3.63, 3.8) is 0 Å². The van der Waals surface area contributed by atoms with Crippen molar-refractivity contribution in [3.05, 3.63) is 17.8 Å². The lowest BCUT2D eigenvalue weighted by Gasteiger charge is -2.34. The molecule has 0 spiro atoms. The molecule has 2 N–H and O–H groups in total. The number of carbonyl (C=O) groups is 1. The number of ether oxygens (including phenoxy) is 1. The standard InChI is InChI=1S/C12H18N4O2/c1-13-7-8-5-9(6-8)18-11-4-3-10(15-16-11)12(17)14-2/h3-4,8-9,13H,5-7H2,1-2H3,(H,14,17). The molecule has 0 bridgehead atoms. The SMILES string of the molecule is CNCC1CC(Oc2ccc(C(=O)NC)nn2)C1. The first-order valence-electron chi connectivity index (χ1n) is 6.10. The van der Waals surface area contributed by atoms with E-state index in [1.165, 1.54) is 0 Å². The Labute approximate surface area is 106 Å². The lowest BCUT2D eigenvalue weighted by atomic mass is 9.82. The Kier molecular flexibility index (Phi) is 4.09. The predicted octanol–water partition coefficient (Wildman–Crippen LogP) is 0.213. The summed E-state index contributed by atoms with van der Waals surface area (Å²) in [5.41, 5.74) is 0.298. The molecule has 0 radical (unpaired) electrons. The zero-order chi connectivity index (χ0) is 13.0.